The number of hydrogen-bond acceptors (Lipinski definition) is 2. The van der Waals surface area contributed by atoms with E-state index >= 15 is 0 Å². The summed E-state index contributed by atoms with van der Waals surface area (Å²) in [5, 5.41) is 0. The fourth-order valence-electron chi connectivity index (χ4n) is 0.862. The SMILES string of the molecule is Cc1ccc(OC[C@@H](C)N)cc1. The average molecular weight is 165 g/mol. The Balaban J connectivity index is 2.48. The lowest BCUT2D eigenvalue weighted by atomic mass is 10.2. The van der Waals surface area contributed by atoms with E-state index in [-0.39, 0.29) is 6.04 Å². The molecule has 0 aliphatic rings. The summed E-state index contributed by atoms with van der Waals surface area (Å²) in [5.74, 6) is 0.887. The van der Waals surface area contributed by atoms with Crippen LogP contribution in [0.25, 0.3) is 0 Å². The molecule has 2 nitrogen and oxygen atoms in total. The second-order valence-corrected chi connectivity index (χ2v) is 3.10. The highest BCUT2D eigenvalue weighted by atomic mass is 16.5. The number of benzene rings is 1. The van der Waals surface area contributed by atoms with Crippen LogP contribution in [0.5, 0.6) is 5.75 Å². The van der Waals surface area contributed by atoms with Crippen molar-refractivity contribution in [3.63, 3.8) is 0 Å². The van der Waals surface area contributed by atoms with Gasteiger partial charge in [0.1, 0.15) is 12.4 Å². The quantitative estimate of drug-likeness (QED) is 0.740. The van der Waals surface area contributed by atoms with Crippen molar-refractivity contribution in [3.8, 4) is 5.75 Å². The molecule has 0 aliphatic heterocycles. The van der Waals surface area contributed by atoms with Gasteiger partial charge in [0, 0.05) is 6.04 Å². The standard InChI is InChI=1S/C10H15NO/c1-8-3-5-10(6-4-8)12-7-9(2)11/h3-6,9H,7,11H2,1-2H3/t9-/m1/s1. The maximum absolute atomic E-state index is 5.55. The van der Waals surface area contributed by atoms with E-state index in [1.54, 1.807) is 0 Å². The van der Waals surface area contributed by atoms with Gasteiger partial charge in [0.05, 0.1) is 0 Å². The summed E-state index contributed by atoms with van der Waals surface area (Å²) < 4.78 is 5.40. The third-order valence-corrected chi connectivity index (χ3v) is 1.53. The van der Waals surface area contributed by atoms with E-state index in [0.29, 0.717) is 6.61 Å². The van der Waals surface area contributed by atoms with Crippen molar-refractivity contribution in [1.29, 1.82) is 0 Å². The molecule has 0 saturated heterocycles. The molecule has 1 rings (SSSR count). The van der Waals surface area contributed by atoms with E-state index in [4.69, 9.17) is 10.5 Å². The minimum Gasteiger partial charge on any atom is -0.492 e. The number of hydrogen-bond donors (Lipinski definition) is 1. The van der Waals surface area contributed by atoms with E-state index in [0.717, 1.165) is 5.75 Å². The second-order valence-electron chi connectivity index (χ2n) is 3.10. The van der Waals surface area contributed by atoms with Crippen LogP contribution < -0.4 is 10.5 Å². The summed E-state index contributed by atoms with van der Waals surface area (Å²) in [4.78, 5) is 0. The summed E-state index contributed by atoms with van der Waals surface area (Å²) in [7, 11) is 0. The van der Waals surface area contributed by atoms with Crippen LogP contribution in [0.3, 0.4) is 0 Å². The normalized spacial score (nSPS) is 12.6. The lowest BCUT2D eigenvalue weighted by molar-refractivity contribution is 0.296. The van der Waals surface area contributed by atoms with Gasteiger partial charge in [-0.05, 0) is 26.0 Å². The molecule has 66 valence electrons. The second kappa shape index (κ2) is 4.12. The van der Waals surface area contributed by atoms with Crippen LogP contribution in [0, 0.1) is 6.92 Å². The highest BCUT2D eigenvalue weighted by Crippen LogP contribution is 2.11. The largest absolute Gasteiger partial charge is 0.492 e. The van der Waals surface area contributed by atoms with Gasteiger partial charge in [-0.2, -0.15) is 0 Å². The van der Waals surface area contributed by atoms with Crippen molar-refractivity contribution in [2.45, 2.75) is 19.9 Å². The monoisotopic (exact) mass is 165 g/mol. The van der Waals surface area contributed by atoms with Gasteiger partial charge in [0.15, 0.2) is 0 Å². The lowest BCUT2D eigenvalue weighted by Gasteiger charge is -2.08. The third-order valence-electron chi connectivity index (χ3n) is 1.53. The fraction of sp³-hybridized carbons (Fsp3) is 0.400. The molecule has 0 saturated carbocycles. The van der Waals surface area contributed by atoms with Crippen molar-refractivity contribution in [1.82, 2.24) is 0 Å². The molecule has 1 atom stereocenters. The Morgan fingerprint density at radius 1 is 1.33 bits per heavy atom. The first kappa shape index (κ1) is 9.07. The van der Waals surface area contributed by atoms with E-state index in [1.807, 2.05) is 31.2 Å². The minimum atomic E-state index is 0.0892. The van der Waals surface area contributed by atoms with E-state index < -0.39 is 0 Å². The third kappa shape index (κ3) is 2.93. The predicted octanol–water partition coefficient (Wildman–Crippen LogP) is 1.72. The Bertz CT molecular complexity index is 228. The van der Waals surface area contributed by atoms with Gasteiger partial charge in [0.2, 0.25) is 0 Å². The van der Waals surface area contributed by atoms with Crippen LogP contribution in [0.15, 0.2) is 24.3 Å². The highest BCUT2D eigenvalue weighted by Gasteiger charge is 1.95. The van der Waals surface area contributed by atoms with Crippen LogP contribution in [0.2, 0.25) is 0 Å². The molecular weight excluding hydrogens is 150 g/mol. The molecule has 2 heteroatoms. The molecule has 1 aromatic carbocycles. The molecule has 0 aromatic heterocycles. The Kier molecular flexibility index (Phi) is 3.11. The molecular formula is C10H15NO. The van der Waals surface area contributed by atoms with Crippen LogP contribution in [-0.2, 0) is 0 Å². The summed E-state index contributed by atoms with van der Waals surface area (Å²) in [5.41, 5.74) is 6.78. The maximum atomic E-state index is 5.55. The first-order valence-corrected chi connectivity index (χ1v) is 4.13. The smallest absolute Gasteiger partial charge is 0.119 e. The topological polar surface area (TPSA) is 35.2 Å². The maximum Gasteiger partial charge on any atom is 0.119 e. The van der Waals surface area contributed by atoms with Crippen molar-refractivity contribution >= 4 is 0 Å². The number of ether oxygens (including phenoxy) is 1. The van der Waals surface area contributed by atoms with Crippen molar-refractivity contribution in [2.24, 2.45) is 5.73 Å². The number of nitrogens with two attached hydrogens (primary N) is 1. The number of rotatable bonds is 3. The molecule has 0 amide bonds. The highest BCUT2D eigenvalue weighted by molar-refractivity contribution is 5.26. The molecule has 0 radical (unpaired) electrons. The summed E-state index contributed by atoms with van der Waals surface area (Å²) >= 11 is 0. The van der Waals surface area contributed by atoms with Crippen molar-refractivity contribution in [3.05, 3.63) is 29.8 Å². The van der Waals surface area contributed by atoms with Crippen molar-refractivity contribution < 1.29 is 4.74 Å². The van der Waals surface area contributed by atoms with Crippen LogP contribution >= 0.6 is 0 Å². The van der Waals surface area contributed by atoms with Crippen LogP contribution in [0.1, 0.15) is 12.5 Å². The zero-order chi connectivity index (χ0) is 8.97. The summed E-state index contributed by atoms with van der Waals surface area (Å²) in [6.07, 6.45) is 0. The van der Waals surface area contributed by atoms with Crippen LogP contribution in [0.4, 0.5) is 0 Å². The average Bonchev–Trinajstić information content (AvgIpc) is 2.03. The van der Waals surface area contributed by atoms with E-state index in [9.17, 15) is 0 Å². The van der Waals surface area contributed by atoms with Gasteiger partial charge in [-0.1, -0.05) is 17.7 Å². The molecule has 0 fully saturated rings. The first-order chi connectivity index (χ1) is 5.68. The first-order valence-electron chi connectivity index (χ1n) is 4.13. The zero-order valence-corrected chi connectivity index (χ0v) is 7.58. The summed E-state index contributed by atoms with van der Waals surface area (Å²) in [6.45, 7) is 4.55. The minimum absolute atomic E-state index is 0.0892. The van der Waals surface area contributed by atoms with Gasteiger partial charge < -0.3 is 10.5 Å². The van der Waals surface area contributed by atoms with Gasteiger partial charge in [-0.25, -0.2) is 0 Å². The van der Waals surface area contributed by atoms with Crippen LogP contribution in [-0.4, -0.2) is 12.6 Å². The number of aryl methyl sites for hydroxylation is 1. The molecule has 12 heavy (non-hydrogen) atoms. The molecule has 1 aromatic rings. The molecule has 0 unspecified atom stereocenters. The molecule has 2 N–H and O–H groups in total. The fourth-order valence-corrected chi connectivity index (χ4v) is 0.862. The van der Waals surface area contributed by atoms with E-state index in [2.05, 4.69) is 6.92 Å². The zero-order valence-electron chi connectivity index (χ0n) is 7.58. The Morgan fingerprint density at radius 2 is 1.92 bits per heavy atom. The summed E-state index contributed by atoms with van der Waals surface area (Å²) in [6, 6.07) is 8.05. The molecule has 0 spiro atoms. The molecule has 0 heterocycles. The molecule has 0 bridgehead atoms. The Labute approximate surface area is 73.3 Å². The lowest BCUT2D eigenvalue weighted by Crippen LogP contribution is -2.23. The van der Waals surface area contributed by atoms with Gasteiger partial charge >= 0.3 is 0 Å². The molecule has 0 aliphatic carbocycles. The van der Waals surface area contributed by atoms with E-state index in [1.165, 1.54) is 5.56 Å². The van der Waals surface area contributed by atoms with Gasteiger partial charge in [0.25, 0.3) is 0 Å². The Morgan fingerprint density at radius 3 is 2.42 bits per heavy atom. The predicted molar refractivity (Wildman–Crippen MR) is 50.3 cm³/mol. The van der Waals surface area contributed by atoms with Crippen molar-refractivity contribution in [2.75, 3.05) is 6.61 Å². The Hall–Kier alpha value is -1.02. The van der Waals surface area contributed by atoms with Gasteiger partial charge in [-0.3, -0.25) is 0 Å². The van der Waals surface area contributed by atoms with Gasteiger partial charge in [-0.15, -0.1) is 0 Å².